The lowest BCUT2D eigenvalue weighted by molar-refractivity contribution is 0.0994. The molecule has 6 nitrogen and oxygen atoms in total. The highest BCUT2D eigenvalue weighted by molar-refractivity contribution is 6.08. The summed E-state index contributed by atoms with van der Waals surface area (Å²) in [5, 5.41) is 0. The molecular weight excluding hydrogens is 294 g/mol. The van der Waals surface area contributed by atoms with Crippen molar-refractivity contribution in [2.24, 2.45) is 0 Å². The number of nitrogens with one attached hydrogen (secondary N) is 1. The van der Waals surface area contributed by atoms with Gasteiger partial charge in [-0.05, 0) is 29.8 Å². The first-order valence-electron chi connectivity index (χ1n) is 7.19. The molecule has 0 unspecified atom stereocenters. The fourth-order valence-corrected chi connectivity index (χ4v) is 2.50. The summed E-state index contributed by atoms with van der Waals surface area (Å²) in [6, 6.07) is 7.20. The molecule has 0 fully saturated rings. The summed E-state index contributed by atoms with van der Waals surface area (Å²) in [5.41, 5.74) is 2.83. The number of aromatic nitrogens is 3. The molecule has 0 radical (unpaired) electrons. The molecule has 0 bridgehead atoms. The zero-order valence-corrected chi connectivity index (χ0v) is 13.0. The standard InChI is InChI=1S/C17H17N3O3/c1-22-10-15-19-16-12(3-4-14(23-2)17(16)20-15)13(21)9-11-5-7-18-8-6-11/h3-8H,9-10H2,1-2H3,(H,19,20). The van der Waals surface area contributed by atoms with Crippen LogP contribution in [-0.2, 0) is 17.8 Å². The van der Waals surface area contributed by atoms with Gasteiger partial charge < -0.3 is 14.5 Å². The van der Waals surface area contributed by atoms with Crippen molar-refractivity contribution in [1.29, 1.82) is 0 Å². The quantitative estimate of drug-likeness (QED) is 0.708. The van der Waals surface area contributed by atoms with Crippen LogP contribution in [0.1, 0.15) is 21.7 Å². The molecule has 2 heterocycles. The lowest BCUT2D eigenvalue weighted by Crippen LogP contribution is -2.05. The van der Waals surface area contributed by atoms with Gasteiger partial charge in [-0.1, -0.05) is 0 Å². The Bertz CT molecular complexity index is 828. The van der Waals surface area contributed by atoms with Crippen LogP contribution in [-0.4, -0.2) is 35.0 Å². The van der Waals surface area contributed by atoms with Gasteiger partial charge >= 0.3 is 0 Å². The van der Waals surface area contributed by atoms with Gasteiger partial charge in [0.15, 0.2) is 5.78 Å². The Morgan fingerprint density at radius 2 is 1.96 bits per heavy atom. The highest BCUT2D eigenvalue weighted by Crippen LogP contribution is 2.27. The average Bonchev–Trinajstić information content (AvgIpc) is 2.98. The van der Waals surface area contributed by atoms with Crippen LogP contribution in [0.4, 0.5) is 0 Å². The number of H-pyrrole nitrogens is 1. The molecule has 0 spiro atoms. The van der Waals surface area contributed by atoms with E-state index in [0.717, 1.165) is 5.56 Å². The van der Waals surface area contributed by atoms with Crippen molar-refractivity contribution in [2.45, 2.75) is 13.0 Å². The maximum atomic E-state index is 12.7. The van der Waals surface area contributed by atoms with Crippen LogP contribution in [0, 0.1) is 0 Å². The average molecular weight is 311 g/mol. The van der Waals surface area contributed by atoms with Gasteiger partial charge in [-0.25, -0.2) is 4.98 Å². The van der Waals surface area contributed by atoms with E-state index in [9.17, 15) is 4.79 Å². The topological polar surface area (TPSA) is 77.1 Å². The first-order valence-corrected chi connectivity index (χ1v) is 7.19. The number of carbonyl (C=O) groups is 1. The molecule has 3 aromatic rings. The van der Waals surface area contributed by atoms with Crippen LogP contribution in [0.2, 0.25) is 0 Å². The number of rotatable bonds is 6. The van der Waals surface area contributed by atoms with Crippen molar-refractivity contribution < 1.29 is 14.3 Å². The Balaban J connectivity index is 2.01. The number of hydrogen-bond acceptors (Lipinski definition) is 5. The van der Waals surface area contributed by atoms with Crippen LogP contribution in [0.25, 0.3) is 11.0 Å². The largest absolute Gasteiger partial charge is 0.494 e. The Hall–Kier alpha value is -2.73. The minimum absolute atomic E-state index is 0.0106. The third-order valence-corrected chi connectivity index (χ3v) is 3.57. The number of nitrogens with zero attached hydrogens (tertiary/aromatic N) is 2. The van der Waals surface area contributed by atoms with E-state index in [1.807, 2.05) is 12.1 Å². The van der Waals surface area contributed by atoms with E-state index in [0.29, 0.717) is 41.2 Å². The van der Waals surface area contributed by atoms with Crippen molar-refractivity contribution in [3.63, 3.8) is 0 Å². The minimum Gasteiger partial charge on any atom is -0.494 e. The second-order valence-corrected chi connectivity index (χ2v) is 5.11. The third-order valence-electron chi connectivity index (χ3n) is 3.57. The predicted molar refractivity (Wildman–Crippen MR) is 85.6 cm³/mol. The van der Waals surface area contributed by atoms with E-state index in [1.54, 1.807) is 38.7 Å². The summed E-state index contributed by atoms with van der Waals surface area (Å²) in [5.74, 6) is 1.29. The molecule has 118 valence electrons. The van der Waals surface area contributed by atoms with Gasteiger partial charge in [0, 0.05) is 31.5 Å². The molecule has 0 saturated heterocycles. The maximum absolute atomic E-state index is 12.7. The zero-order valence-electron chi connectivity index (χ0n) is 13.0. The van der Waals surface area contributed by atoms with Crippen molar-refractivity contribution >= 4 is 16.8 Å². The monoisotopic (exact) mass is 311 g/mol. The number of ketones is 1. The van der Waals surface area contributed by atoms with Crippen LogP contribution < -0.4 is 4.74 Å². The van der Waals surface area contributed by atoms with E-state index >= 15 is 0 Å². The molecule has 0 saturated carbocycles. The number of pyridine rings is 1. The number of aromatic amines is 1. The van der Waals surface area contributed by atoms with Crippen LogP contribution in [0.3, 0.4) is 0 Å². The number of benzene rings is 1. The second-order valence-electron chi connectivity index (χ2n) is 5.11. The van der Waals surface area contributed by atoms with Crippen LogP contribution in [0.5, 0.6) is 5.75 Å². The van der Waals surface area contributed by atoms with Gasteiger partial charge in [-0.2, -0.15) is 0 Å². The van der Waals surface area contributed by atoms with E-state index in [4.69, 9.17) is 9.47 Å². The van der Waals surface area contributed by atoms with Gasteiger partial charge in [0.25, 0.3) is 0 Å². The molecule has 6 heteroatoms. The molecule has 0 aliphatic carbocycles. The number of carbonyl (C=O) groups excluding carboxylic acids is 1. The minimum atomic E-state index is 0.0106. The molecule has 0 aliphatic rings. The Kier molecular flexibility index (Phi) is 4.34. The van der Waals surface area contributed by atoms with Crippen LogP contribution >= 0.6 is 0 Å². The molecular formula is C17H17N3O3. The van der Waals surface area contributed by atoms with E-state index < -0.39 is 0 Å². The van der Waals surface area contributed by atoms with E-state index in [2.05, 4.69) is 15.0 Å². The number of methoxy groups -OCH3 is 2. The number of fused-ring (bicyclic) bond motifs is 1. The van der Waals surface area contributed by atoms with Crippen molar-refractivity contribution in [2.75, 3.05) is 14.2 Å². The fourth-order valence-electron chi connectivity index (χ4n) is 2.50. The summed E-state index contributed by atoms with van der Waals surface area (Å²) < 4.78 is 10.4. The lowest BCUT2D eigenvalue weighted by atomic mass is 10.0. The summed E-state index contributed by atoms with van der Waals surface area (Å²) in [7, 11) is 3.18. The first-order chi connectivity index (χ1) is 11.2. The van der Waals surface area contributed by atoms with Gasteiger partial charge in [-0.15, -0.1) is 0 Å². The van der Waals surface area contributed by atoms with Gasteiger partial charge in [0.1, 0.15) is 23.7 Å². The predicted octanol–water partition coefficient (Wildman–Crippen LogP) is 2.54. The molecule has 1 N–H and O–H groups in total. The van der Waals surface area contributed by atoms with Gasteiger partial charge in [0.2, 0.25) is 0 Å². The fraction of sp³-hybridized carbons (Fsp3) is 0.235. The number of Topliss-reactive ketones (excluding diaryl/α,β-unsaturated/α-hetero) is 1. The van der Waals surface area contributed by atoms with E-state index in [1.165, 1.54) is 0 Å². The maximum Gasteiger partial charge on any atom is 0.169 e. The molecule has 0 atom stereocenters. The number of hydrogen-bond donors (Lipinski definition) is 1. The van der Waals surface area contributed by atoms with Crippen molar-refractivity contribution in [1.82, 2.24) is 15.0 Å². The molecule has 1 aromatic carbocycles. The molecule has 23 heavy (non-hydrogen) atoms. The van der Waals surface area contributed by atoms with Crippen LogP contribution in [0.15, 0.2) is 36.7 Å². The Labute approximate surface area is 133 Å². The number of imidazole rings is 1. The Morgan fingerprint density at radius 1 is 1.17 bits per heavy atom. The molecule has 0 amide bonds. The Morgan fingerprint density at radius 3 is 2.65 bits per heavy atom. The normalized spacial score (nSPS) is 10.9. The highest BCUT2D eigenvalue weighted by Gasteiger charge is 2.17. The van der Waals surface area contributed by atoms with Gasteiger partial charge in [0.05, 0.1) is 12.6 Å². The van der Waals surface area contributed by atoms with E-state index in [-0.39, 0.29) is 5.78 Å². The summed E-state index contributed by atoms with van der Waals surface area (Å²) in [4.78, 5) is 24.2. The third kappa shape index (κ3) is 3.07. The molecule has 2 aromatic heterocycles. The van der Waals surface area contributed by atoms with Crippen molar-refractivity contribution in [3.8, 4) is 5.75 Å². The lowest BCUT2D eigenvalue weighted by Gasteiger charge is -2.05. The summed E-state index contributed by atoms with van der Waals surface area (Å²) in [6.45, 7) is 0.343. The highest BCUT2D eigenvalue weighted by atomic mass is 16.5. The first kappa shape index (κ1) is 15.2. The molecule has 3 rings (SSSR count). The zero-order chi connectivity index (χ0) is 16.2. The molecule has 0 aliphatic heterocycles. The number of ether oxygens (including phenoxy) is 2. The SMILES string of the molecule is COCc1nc2c(OC)ccc(C(=O)Cc3ccncc3)c2[nH]1. The second kappa shape index (κ2) is 6.58. The summed E-state index contributed by atoms with van der Waals surface area (Å²) in [6.07, 6.45) is 3.67. The van der Waals surface area contributed by atoms with Gasteiger partial charge in [-0.3, -0.25) is 9.78 Å². The van der Waals surface area contributed by atoms with Crippen molar-refractivity contribution in [3.05, 3.63) is 53.6 Å². The summed E-state index contributed by atoms with van der Waals surface area (Å²) >= 11 is 0. The smallest absolute Gasteiger partial charge is 0.169 e.